The zero-order chi connectivity index (χ0) is 37.0. The van der Waals surface area contributed by atoms with Gasteiger partial charge in [-0.2, -0.15) is 0 Å². The number of carbonyl (C=O) groups excluding carboxylic acids is 1. The first-order valence-electron chi connectivity index (χ1n) is 18.2. The number of hydrogen-bond acceptors (Lipinski definition) is 10. The molecular weight excluding hydrogens is 747 g/mol. The number of rotatable bonds is 15. The number of aliphatic hydroxyl groups is 2. The Labute approximate surface area is 325 Å². The molecule has 0 aliphatic heterocycles. The van der Waals surface area contributed by atoms with Crippen LogP contribution >= 0.6 is 22.7 Å². The van der Waals surface area contributed by atoms with Crippen LogP contribution < -0.4 is 10.9 Å². The molecule has 1 fully saturated rings. The van der Waals surface area contributed by atoms with Crippen LogP contribution in [0.2, 0.25) is 0 Å². The summed E-state index contributed by atoms with van der Waals surface area (Å²) in [4.78, 5) is 31.4. The van der Waals surface area contributed by atoms with E-state index in [1.807, 2.05) is 22.9 Å². The zero-order valence-electron chi connectivity index (χ0n) is 30.6. The van der Waals surface area contributed by atoms with Gasteiger partial charge in [0, 0.05) is 54.2 Å². The number of ether oxygens (including phenoxy) is 1. The summed E-state index contributed by atoms with van der Waals surface area (Å²) in [5.74, 6) is -0.615. The van der Waals surface area contributed by atoms with Crippen LogP contribution in [-0.4, -0.2) is 74.6 Å². The van der Waals surface area contributed by atoms with Gasteiger partial charge in [0.05, 0.1) is 21.4 Å². The molecule has 1 aliphatic rings. The SMILES string of the molecule is CN(CCCc1cn(CCNC[C@H](O)c2ccc(O)c3[nH]c(=O)ccc23)c2ccccc12)[C@H]1CC[C@H](OC(=O)C(O)(c2cccs2)c2cccs2)CC1.F.F. The molecule has 6 aromatic rings. The third-order valence-electron chi connectivity index (χ3n) is 10.6. The second-order valence-electron chi connectivity index (χ2n) is 14.0. The van der Waals surface area contributed by atoms with Crippen LogP contribution in [0.4, 0.5) is 9.41 Å². The van der Waals surface area contributed by atoms with Gasteiger partial charge in [0.2, 0.25) is 11.2 Å². The van der Waals surface area contributed by atoms with Gasteiger partial charge in [-0.3, -0.25) is 14.2 Å². The molecule has 1 aliphatic carbocycles. The van der Waals surface area contributed by atoms with E-state index in [2.05, 4.69) is 57.3 Å². The van der Waals surface area contributed by atoms with Gasteiger partial charge < -0.3 is 39.8 Å². The summed E-state index contributed by atoms with van der Waals surface area (Å²) >= 11 is 2.72. The van der Waals surface area contributed by atoms with Crippen LogP contribution in [-0.2, 0) is 28.1 Å². The van der Waals surface area contributed by atoms with Crippen molar-refractivity contribution in [1.82, 2.24) is 19.8 Å². The second kappa shape index (κ2) is 18.5. The van der Waals surface area contributed by atoms with Gasteiger partial charge in [-0.15, -0.1) is 22.7 Å². The second-order valence-corrected chi connectivity index (χ2v) is 15.9. The normalized spacial score (nSPS) is 16.5. The van der Waals surface area contributed by atoms with Crippen molar-refractivity contribution in [2.75, 3.05) is 26.7 Å². The van der Waals surface area contributed by atoms with E-state index in [9.17, 15) is 24.9 Å². The van der Waals surface area contributed by atoms with Crippen molar-refractivity contribution in [2.45, 2.75) is 68.9 Å². The molecule has 10 nitrogen and oxygen atoms in total. The van der Waals surface area contributed by atoms with Crippen LogP contribution in [0.1, 0.15) is 59.1 Å². The predicted molar refractivity (Wildman–Crippen MR) is 216 cm³/mol. The average molecular weight is 795 g/mol. The lowest BCUT2D eigenvalue weighted by Crippen LogP contribution is -2.42. The number of carbonyl (C=O) groups is 1. The summed E-state index contributed by atoms with van der Waals surface area (Å²) in [5, 5.41) is 41.7. The first-order chi connectivity index (χ1) is 25.7. The van der Waals surface area contributed by atoms with Gasteiger partial charge in [0.15, 0.2) is 0 Å². The van der Waals surface area contributed by atoms with Crippen LogP contribution in [0.15, 0.2) is 94.5 Å². The van der Waals surface area contributed by atoms with Crippen molar-refractivity contribution < 1.29 is 34.3 Å². The third kappa shape index (κ3) is 9.01. The molecule has 4 aromatic heterocycles. The largest absolute Gasteiger partial charge is 0.506 e. The molecule has 0 unspecified atom stereocenters. The number of benzene rings is 2. The highest BCUT2D eigenvalue weighted by atomic mass is 32.1. The van der Waals surface area contributed by atoms with Crippen LogP contribution in [0.3, 0.4) is 0 Å². The first kappa shape index (κ1) is 41.7. The number of phenolic OH excluding ortho intramolecular Hbond substituents is 1. The van der Waals surface area contributed by atoms with Crippen molar-refractivity contribution in [3.63, 3.8) is 0 Å². The Bertz CT molecular complexity index is 2170. The number of thiophene rings is 2. The highest BCUT2D eigenvalue weighted by Crippen LogP contribution is 2.38. The monoisotopic (exact) mass is 794 g/mol. The molecule has 294 valence electrons. The van der Waals surface area contributed by atoms with E-state index in [1.54, 1.807) is 24.3 Å². The van der Waals surface area contributed by atoms with Gasteiger partial charge >= 0.3 is 5.97 Å². The average Bonchev–Trinajstić information content (AvgIpc) is 3.97. The number of fused-ring (bicyclic) bond motifs is 2. The minimum absolute atomic E-state index is 0. The Kier molecular flexibility index (Phi) is 14.0. The molecule has 7 rings (SSSR count). The number of nitrogens with zero attached hydrogens (tertiary/aromatic N) is 2. The fourth-order valence-electron chi connectivity index (χ4n) is 7.64. The molecule has 0 amide bonds. The summed E-state index contributed by atoms with van der Waals surface area (Å²) in [7, 11) is 2.19. The number of aliphatic hydroxyl groups excluding tert-OH is 1. The quantitative estimate of drug-likeness (QED) is 0.0580. The van der Waals surface area contributed by atoms with E-state index in [4.69, 9.17) is 4.74 Å². The number of halogens is 2. The number of nitrogens with one attached hydrogen (secondary N) is 2. The predicted octanol–water partition coefficient (Wildman–Crippen LogP) is 6.59. The maximum Gasteiger partial charge on any atom is 0.349 e. The lowest BCUT2D eigenvalue weighted by molar-refractivity contribution is -0.169. The Hall–Kier alpha value is -4.44. The van der Waals surface area contributed by atoms with Crippen molar-refractivity contribution in [2.24, 2.45) is 0 Å². The van der Waals surface area contributed by atoms with E-state index in [-0.39, 0.29) is 26.8 Å². The van der Waals surface area contributed by atoms with Crippen molar-refractivity contribution in [1.29, 1.82) is 0 Å². The highest BCUT2D eigenvalue weighted by molar-refractivity contribution is 7.12. The number of aromatic amines is 1. The van der Waals surface area contributed by atoms with E-state index in [1.165, 1.54) is 51.3 Å². The molecule has 4 heterocycles. The topological polar surface area (TPSA) is 140 Å². The van der Waals surface area contributed by atoms with E-state index in [0.717, 1.165) is 51.6 Å². The molecule has 0 spiro atoms. The maximum absolute atomic E-state index is 13.4. The molecule has 1 saturated carbocycles. The molecular formula is C41H48F2N4O6S2. The maximum atomic E-state index is 13.4. The Morgan fingerprint density at radius 1 is 0.982 bits per heavy atom. The number of aromatic hydroxyl groups is 1. The lowest BCUT2D eigenvalue weighted by atomic mass is 9.91. The van der Waals surface area contributed by atoms with Crippen LogP contribution in [0, 0.1) is 0 Å². The molecule has 1 atom stereocenters. The fraction of sp³-hybridized carbons (Fsp3) is 0.366. The summed E-state index contributed by atoms with van der Waals surface area (Å²) in [5.41, 5.74) is 1.39. The summed E-state index contributed by atoms with van der Waals surface area (Å²) in [6.45, 7) is 2.69. The zero-order valence-corrected chi connectivity index (χ0v) is 32.2. The van der Waals surface area contributed by atoms with Crippen LogP contribution in [0.25, 0.3) is 21.8 Å². The molecule has 14 heteroatoms. The number of hydrogen-bond donors (Lipinski definition) is 5. The Morgan fingerprint density at radius 3 is 2.38 bits per heavy atom. The van der Waals surface area contributed by atoms with E-state index in [0.29, 0.717) is 45.4 Å². The molecule has 0 bridgehead atoms. The minimum atomic E-state index is -1.77. The van der Waals surface area contributed by atoms with Gasteiger partial charge in [-0.25, -0.2) is 4.79 Å². The van der Waals surface area contributed by atoms with E-state index < -0.39 is 17.7 Å². The standard InChI is InChI=1S/C41H46N4O6S2.2FH/c1-44(28-12-14-29(15-13-28)51-40(49)41(50,36-10-5-23-52-36)37-11-6-24-53-37)21-4-7-27-26-45(33-9-3-2-8-30(27)33)22-20-42-25-35(47)31-16-18-34(46)39-32(31)17-19-38(48)43-39;;/h2-3,5-6,8-11,16-19,23-24,26,28-29,35,42,46-47,50H,4,7,12-15,20-22,25H2,1H3,(H,43,48);2*1H/t28-,29-,35-;;/m0../s1. The van der Waals surface area contributed by atoms with Gasteiger partial charge in [0.1, 0.15) is 11.9 Å². The number of esters is 1. The number of H-pyrrole nitrogens is 1. The summed E-state index contributed by atoms with van der Waals surface area (Å²) in [6, 6.07) is 22.4. The van der Waals surface area contributed by atoms with E-state index >= 15 is 0 Å². The molecule has 55 heavy (non-hydrogen) atoms. The van der Waals surface area contributed by atoms with Gasteiger partial charge in [0.25, 0.3) is 0 Å². The van der Waals surface area contributed by atoms with Gasteiger partial charge in [-0.05, 0) is 104 Å². The number of para-hydroxylation sites is 1. The number of phenols is 1. The molecule has 5 N–H and O–H groups in total. The number of pyridine rings is 1. The summed E-state index contributed by atoms with van der Waals surface area (Å²) in [6.07, 6.45) is 6.63. The van der Waals surface area contributed by atoms with Gasteiger partial charge in [-0.1, -0.05) is 36.4 Å². The van der Waals surface area contributed by atoms with Crippen molar-refractivity contribution in [3.8, 4) is 5.75 Å². The third-order valence-corrected chi connectivity index (χ3v) is 12.5. The number of aryl methyl sites for hydroxylation is 1. The Morgan fingerprint density at radius 2 is 1.69 bits per heavy atom. The molecule has 0 saturated heterocycles. The number of aromatic nitrogens is 2. The smallest absolute Gasteiger partial charge is 0.349 e. The minimum Gasteiger partial charge on any atom is -0.506 e. The summed E-state index contributed by atoms with van der Waals surface area (Å²) < 4.78 is 8.24. The Balaban J connectivity index is 0.00000290. The molecule has 2 aromatic carbocycles. The van der Waals surface area contributed by atoms with Crippen molar-refractivity contribution >= 4 is 50.4 Å². The lowest BCUT2D eigenvalue weighted by Gasteiger charge is -2.35. The molecule has 0 radical (unpaired) electrons. The first-order valence-corrected chi connectivity index (χ1v) is 20.0. The van der Waals surface area contributed by atoms with Crippen LogP contribution in [0.5, 0.6) is 5.75 Å². The van der Waals surface area contributed by atoms with Crippen molar-refractivity contribution in [3.05, 3.63) is 121 Å². The fourth-order valence-corrected chi connectivity index (χ4v) is 9.35. The highest BCUT2D eigenvalue weighted by Gasteiger charge is 2.45.